The Balaban J connectivity index is 2.18. The Hall–Kier alpha value is -1.60. The minimum atomic E-state index is -0.336. The maximum Gasteiger partial charge on any atom is 0.129 e. The molecule has 20 heavy (non-hydrogen) atoms. The van der Waals surface area contributed by atoms with Gasteiger partial charge in [0.15, 0.2) is 0 Å². The highest BCUT2D eigenvalue weighted by Gasteiger charge is 2.31. The second-order valence-corrected chi connectivity index (χ2v) is 5.73. The van der Waals surface area contributed by atoms with Gasteiger partial charge in [-0.3, -0.25) is 0 Å². The topological polar surface area (TPSA) is 45.0 Å². The van der Waals surface area contributed by atoms with Gasteiger partial charge in [0, 0.05) is 23.9 Å². The van der Waals surface area contributed by atoms with E-state index in [9.17, 15) is 4.39 Å². The summed E-state index contributed by atoms with van der Waals surface area (Å²) in [5.74, 6) is -0.336. The summed E-state index contributed by atoms with van der Waals surface area (Å²) in [6.45, 7) is 6.67. The van der Waals surface area contributed by atoms with E-state index in [4.69, 9.17) is 10.00 Å². The molecule has 0 aliphatic carbocycles. The molecular weight excluding hydrogens is 255 g/mol. The molecule has 2 unspecified atom stereocenters. The second-order valence-electron chi connectivity index (χ2n) is 5.73. The zero-order valence-corrected chi connectivity index (χ0v) is 12.3. The fourth-order valence-corrected chi connectivity index (χ4v) is 2.61. The van der Waals surface area contributed by atoms with Gasteiger partial charge in [-0.15, -0.1) is 0 Å². The molecule has 1 aromatic rings. The molecular formula is C16H21FN2O. The molecule has 0 radical (unpaired) electrons. The average molecular weight is 276 g/mol. The molecule has 0 saturated carbocycles. The SMILES string of the molecule is CCC1(C)CC(Nc2cc(C#N)cc(F)c2C)CCO1. The Morgan fingerprint density at radius 2 is 2.30 bits per heavy atom. The summed E-state index contributed by atoms with van der Waals surface area (Å²) in [6.07, 6.45) is 2.74. The molecule has 108 valence electrons. The lowest BCUT2D eigenvalue weighted by Gasteiger charge is -2.38. The van der Waals surface area contributed by atoms with Crippen molar-refractivity contribution in [3.05, 3.63) is 29.1 Å². The fraction of sp³-hybridized carbons (Fsp3) is 0.562. The first-order valence-corrected chi connectivity index (χ1v) is 7.08. The van der Waals surface area contributed by atoms with Crippen LogP contribution < -0.4 is 5.32 Å². The van der Waals surface area contributed by atoms with Crippen molar-refractivity contribution in [1.29, 1.82) is 5.26 Å². The van der Waals surface area contributed by atoms with Gasteiger partial charge in [-0.05, 0) is 45.2 Å². The highest BCUT2D eigenvalue weighted by Crippen LogP contribution is 2.31. The maximum absolute atomic E-state index is 13.8. The van der Waals surface area contributed by atoms with Crippen molar-refractivity contribution in [3.8, 4) is 6.07 Å². The van der Waals surface area contributed by atoms with Gasteiger partial charge >= 0.3 is 0 Å². The first kappa shape index (κ1) is 14.8. The van der Waals surface area contributed by atoms with Crippen LogP contribution in [0.4, 0.5) is 10.1 Å². The quantitative estimate of drug-likeness (QED) is 0.914. The van der Waals surface area contributed by atoms with Crippen LogP contribution in [-0.4, -0.2) is 18.2 Å². The molecule has 4 heteroatoms. The highest BCUT2D eigenvalue weighted by molar-refractivity contribution is 5.56. The Morgan fingerprint density at radius 3 is 2.95 bits per heavy atom. The molecule has 0 amide bonds. The van der Waals surface area contributed by atoms with Crippen molar-refractivity contribution < 1.29 is 9.13 Å². The number of nitrogens with one attached hydrogen (secondary N) is 1. The predicted molar refractivity (Wildman–Crippen MR) is 77.1 cm³/mol. The van der Waals surface area contributed by atoms with Crippen molar-refractivity contribution >= 4 is 5.69 Å². The van der Waals surface area contributed by atoms with Crippen LogP contribution in [0.1, 0.15) is 44.2 Å². The maximum atomic E-state index is 13.8. The summed E-state index contributed by atoms with van der Waals surface area (Å²) in [4.78, 5) is 0. The molecule has 2 atom stereocenters. The van der Waals surface area contributed by atoms with E-state index in [2.05, 4.69) is 19.2 Å². The number of nitriles is 1. The lowest BCUT2D eigenvalue weighted by Crippen LogP contribution is -2.42. The first-order valence-electron chi connectivity index (χ1n) is 7.08. The van der Waals surface area contributed by atoms with Crippen LogP contribution in [0.15, 0.2) is 12.1 Å². The van der Waals surface area contributed by atoms with Crippen LogP contribution in [0.5, 0.6) is 0 Å². The van der Waals surface area contributed by atoms with Crippen molar-refractivity contribution in [2.75, 3.05) is 11.9 Å². The van der Waals surface area contributed by atoms with E-state index in [1.54, 1.807) is 13.0 Å². The summed E-state index contributed by atoms with van der Waals surface area (Å²) >= 11 is 0. The van der Waals surface area contributed by atoms with Gasteiger partial charge in [-0.25, -0.2) is 4.39 Å². The molecule has 1 aliphatic heterocycles. The summed E-state index contributed by atoms with van der Waals surface area (Å²) in [6, 6.07) is 5.24. The number of benzene rings is 1. The standard InChI is InChI=1S/C16H21FN2O/c1-4-16(3)9-13(5-6-20-16)19-15-8-12(10-18)7-14(17)11(15)2/h7-8,13,19H,4-6,9H2,1-3H3. The predicted octanol–water partition coefficient (Wildman–Crippen LogP) is 3.77. The fourth-order valence-electron chi connectivity index (χ4n) is 2.61. The van der Waals surface area contributed by atoms with E-state index in [0.29, 0.717) is 23.4 Å². The molecule has 3 nitrogen and oxygen atoms in total. The molecule has 2 rings (SSSR count). The van der Waals surface area contributed by atoms with Crippen LogP contribution >= 0.6 is 0 Å². The van der Waals surface area contributed by atoms with E-state index in [-0.39, 0.29) is 17.5 Å². The minimum Gasteiger partial charge on any atom is -0.382 e. The zero-order valence-electron chi connectivity index (χ0n) is 12.3. The van der Waals surface area contributed by atoms with Crippen LogP contribution in [-0.2, 0) is 4.74 Å². The number of ether oxygens (including phenoxy) is 1. The van der Waals surface area contributed by atoms with Gasteiger partial charge < -0.3 is 10.1 Å². The van der Waals surface area contributed by atoms with Crippen LogP contribution in [0.2, 0.25) is 0 Å². The Kier molecular flexibility index (Phi) is 4.29. The second kappa shape index (κ2) is 5.80. The smallest absolute Gasteiger partial charge is 0.129 e. The Morgan fingerprint density at radius 1 is 1.55 bits per heavy atom. The summed E-state index contributed by atoms with van der Waals surface area (Å²) in [5.41, 5.74) is 1.51. The normalized spacial score (nSPS) is 26.1. The number of halogens is 1. The summed E-state index contributed by atoms with van der Waals surface area (Å²) in [7, 11) is 0. The van der Waals surface area contributed by atoms with E-state index < -0.39 is 0 Å². The third kappa shape index (κ3) is 3.10. The van der Waals surface area contributed by atoms with Crippen LogP contribution in [0, 0.1) is 24.1 Å². The molecule has 1 saturated heterocycles. The van der Waals surface area contributed by atoms with Gasteiger partial charge in [0.1, 0.15) is 5.82 Å². The van der Waals surface area contributed by atoms with Gasteiger partial charge in [-0.2, -0.15) is 5.26 Å². The molecule has 0 bridgehead atoms. The van der Waals surface area contributed by atoms with Gasteiger partial charge in [0.25, 0.3) is 0 Å². The number of anilines is 1. The molecule has 1 heterocycles. The van der Waals surface area contributed by atoms with Gasteiger partial charge in [0.05, 0.1) is 17.2 Å². The average Bonchev–Trinajstić information content (AvgIpc) is 2.43. The monoisotopic (exact) mass is 276 g/mol. The van der Waals surface area contributed by atoms with Gasteiger partial charge in [0.2, 0.25) is 0 Å². The lowest BCUT2D eigenvalue weighted by molar-refractivity contribution is -0.0708. The number of hydrogen-bond donors (Lipinski definition) is 1. The minimum absolute atomic E-state index is 0.116. The Labute approximate surface area is 119 Å². The van der Waals surface area contributed by atoms with E-state index in [0.717, 1.165) is 19.3 Å². The summed E-state index contributed by atoms with van der Waals surface area (Å²) < 4.78 is 19.6. The molecule has 1 aromatic carbocycles. The van der Waals surface area contributed by atoms with E-state index in [1.807, 2.05) is 6.07 Å². The molecule has 1 N–H and O–H groups in total. The third-order valence-electron chi connectivity index (χ3n) is 4.18. The van der Waals surface area contributed by atoms with Crippen molar-refractivity contribution in [2.24, 2.45) is 0 Å². The Bertz CT molecular complexity index is 538. The van der Waals surface area contributed by atoms with E-state index >= 15 is 0 Å². The van der Waals surface area contributed by atoms with Gasteiger partial charge in [-0.1, -0.05) is 6.92 Å². The number of nitrogens with zero attached hydrogens (tertiary/aromatic N) is 1. The number of hydrogen-bond acceptors (Lipinski definition) is 3. The summed E-state index contributed by atoms with van der Waals surface area (Å²) in [5, 5.41) is 12.3. The number of rotatable bonds is 3. The third-order valence-corrected chi connectivity index (χ3v) is 4.18. The van der Waals surface area contributed by atoms with E-state index in [1.165, 1.54) is 6.07 Å². The molecule has 0 spiro atoms. The zero-order chi connectivity index (χ0) is 14.8. The molecule has 0 aromatic heterocycles. The molecule has 1 fully saturated rings. The van der Waals surface area contributed by atoms with Crippen LogP contribution in [0.25, 0.3) is 0 Å². The molecule has 1 aliphatic rings. The largest absolute Gasteiger partial charge is 0.382 e. The van der Waals surface area contributed by atoms with Crippen LogP contribution in [0.3, 0.4) is 0 Å². The van der Waals surface area contributed by atoms with Crippen molar-refractivity contribution in [2.45, 2.75) is 51.7 Å². The van der Waals surface area contributed by atoms with Crippen molar-refractivity contribution in [1.82, 2.24) is 0 Å². The van der Waals surface area contributed by atoms with Crippen molar-refractivity contribution in [3.63, 3.8) is 0 Å². The first-order chi connectivity index (χ1) is 9.47. The highest BCUT2D eigenvalue weighted by atomic mass is 19.1. The lowest BCUT2D eigenvalue weighted by atomic mass is 9.89.